The zero-order chi connectivity index (χ0) is 63.1. The fraction of sp³-hybridized carbons (Fsp3) is 0.414. The summed E-state index contributed by atoms with van der Waals surface area (Å²) < 4.78 is 80.3. The third-order valence-electron chi connectivity index (χ3n) is 12.8. The summed E-state index contributed by atoms with van der Waals surface area (Å²) in [6.07, 6.45) is 5.62. The van der Waals surface area contributed by atoms with E-state index in [4.69, 9.17) is 0 Å². The lowest BCUT2D eigenvalue weighted by Crippen LogP contribution is -2.37. The molecule has 0 atom stereocenters. The lowest BCUT2D eigenvalue weighted by Gasteiger charge is -2.23. The van der Waals surface area contributed by atoms with Crippen molar-refractivity contribution in [3.8, 4) is 0 Å². The molecule has 26 nitrogen and oxygen atoms in total. The van der Waals surface area contributed by atoms with E-state index >= 15 is 0 Å². The fourth-order valence-corrected chi connectivity index (χ4v) is 9.79. The first-order valence-electron chi connectivity index (χ1n) is 28.1. The number of amides is 2. The minimum absolute atomic E-state index is 0.0141. The van der Waals surface area contributed by atoms with Crippen molar-refractivity contribution in [3.05, 3.63) is 107 Å². The van der Waals surface area contributed by atoms with Crippen LogP contribution < -0.4 is 42.5 Å². The fourth-order valence-electron chi connectivity index (χ4n) is 8.39. The van der Waals surface area contributed by atoms with Crippen molar-refractivity contribution >= 4 is 103 Å². The van der Waals surface area contributed by atoms with Crippen LogP contribution in [0.25, 0.3) is 12.2 Å². The smallest absolute Gasteiger partial charge is 0.251 e. The number of hydrogen-bond acceptors (Lipinski definition) is 20. The second-order valence-electron chi connectivity index (χ2n) is 24.8. The van der Waals surface area contributed by atoms with E-state index in [9.17, 15) is 35.5 Å². The number of hydrogen-bond donors (Lipinski definition) is 8. The molecule has 464 valence electrons. The van der Waals surface area contributed by atoms with Crippen molar-refractivity contribution in [2.24, 2.45) is 0 Å². The van der Waals surface area contributed by atoms with Gasteiger partial charge in [0, 0.05) is 85.7 Å². The van der Waals surface area contributed by atoms with Crippen molar-refractivity contribution in [1.29, 1.82) is 0 Å². The van der Waals surface area contributed by atoms with Crippen molar-refractivity contribution in [2.75, 3.05) is 169 Å². The minimum Gasteiger partial charge on any atom is -0.744 e. The lowest BCUT2D eigenvalue weighted by atomic mass is 10.1. The highest BCUT2D eigenvalue weighted by atomic mass is 32.2. The van der Waals surface area contributed by atoms with E-state index in [1.807, 2.05) is 0 Å². The third-order valence-corrected chi connectivity index (χ3v) is 14.5. The normalized spacial score (nSPS) is 12.4. The van der Waals surface area contributed by atoms with Gasteiger partial charge in [-0.05, 0) is 83.9 Å². The molecule has 6 rings (SSSR count). The van der Waals surface area contributed by atoms with Crippen LogP contribution in [0.2, 0.25) is 0 Å². The third kappa shape index (κ3) is 23.5. The predicted octanol–water partition coefficient (Wildman–Crippen LogP) is 5.68. The number of benzene rings is 4. The van der Waals surface area contributed by atoms with E-state index in [-0.39, 0.29) is 70.0 Å². The molecule has 0 unspecified atom stereocenters. The molecular formula is C58H84N18O8S2+2. The Balaban J connectivity index is 1.22. The Morgan fingerprint density at radius 2 is 0.663 bits per heavy atom. The van der Waals surface area contributed by atoms with Crippen LogP contribution in [0.4, 0.5) is 58.4 Å². The number of carbonyl (C=O) groups excluding carboxylic acids is 2. The second kappa shape index (κ2) is 29.0. The van der Waals surface area contributed by atoms with Gasteiger partial charge in [-0.1, -0.05) is 24.3 Å². The van der Waals surface area contributed by atoms with Crippen LogP contribution in [-0.4, -0.2) is 223 Å². The highest BCUT2D eigenvalue weighted by molar-refractivity contribution is 7.86. The van der Waals surface area contributed by atoms with Crippen molar-refractivity contribution in [2.45, 2.75) is 35.5 Å². The molecule has 28 heteroatoms. The molecule has 2 amide bonds. The first-order valence-corrected chi connectivity index (χ1v) is 30.9. The number of carbonyl (C=O) groups is 2. The van der Waals surface area contributed by atoms with E-state index in [1.165, 1.54) is 36.4 Å². The maximum atomic E-state index is 12.9. The number of aromatic nitrogens is 6. The Morgan fingerprint density at radius 1 is 0.395 bits per heavy atom. The average molecular weight is 1230 g/mol. The predicted molar refractivity (Wildman–Crippen MR) is 335 cm³/mol. The van der Waals surface area contributed by atoms with Gasteiger partial charge in [0.25, 0.3) is 11.8 Å². The largest absolute Gasteiger partial charge is 0.744 e. The molecule has 0 aliphatic heterocycles. The maximum Gasteiger partial charge on any atom is 0.251 e. The monoisotopic (exact) mass is 1220 g/mol. The Labute approximate surface area is 505 Å². The number of nitrogens with zero attached hydrogens (tertiary/aromatic N) is 10. The van der Waals surface area contributed by atoms with Gasteiger partial charge in [-0.2, -0.15) is 29.9 Å². The molecule has 0 radical (unpaired) electrons. The Bertz CT molecular complexity index is 3310. The first-order chi connectivity index (χ1) is 40.1. The SMILES string of the molecule is C[N+](C)(C)CCCNC(=O)c1ccc(Nc2nc(NCCC[N+](C)(C)C)nc(Nc3ccc(/C=C/c4ccc(Nc5nc(NCCC[N+](C)(C)C)nc(Nc6ccc(C(=O)NCCC[N+](C)(C)C)cc6)n5)cc4S(=O)(=O)[O-])c(S(=O)(=O)[O-])c3)n2)cc1. The van der Waals surface area contributed by atoms with E-state index < -0.39 is 30.0 Å². The van der Waals surface area contributed by atoms with Gasteiger partial charge in [-0.15, -0.1) is 0 Å². The van der Waals surface area contributed by atoms with Crippen LogP contribution in [-0.2, 0) is 20.2 Å². The number of anilines is 10. The molecule has 8 N–H and O–H groups in total. The Kier molecular flexibility index (Phi) is 22.6. The zero-order valence-corrected chi connectivity index (χ0v) is 52.9. The van der Waals surface area contributed by atoms with Gasteiger partial charge in [0.15, 0.2) is 0 Å². The average Bonchev–Trinajstić information content (AvgIpc) is 3.15. The maximum absolute atomic E-state index is 12.9. The van der Waals surface area contributed by atoms with E-state index in [0.29, 0.717) is 48.7 Å². The van der Waals surface area contributed by atoms with E-state index in [1.54, 1.807) is 48.5 Å². The number of rotatable bonds is 32. The summed E-state index contributed by atoms with van der Waals surface area (Å²) in [6, 6.07) is 21.3. The zero-order valence-electron chi connectivity index (χ0n) is 51.3. The molecule has 2 aromatic heterocycles. The molecular weight excluding hydrogens is 1140 g/mol. The van der Waals surface area contributed by atoms with Crippen LogP contribution in [0, 0.1) is 0 Å². The van der Waals surface area contributed by atoms with E-state index in [0.717, 1.165) is 81.9 Å². The van der Waals surface area contributed by atoms with Crippen molar-refractivity contribution in [1.82, 2.24) is 40.5 Å². The molecule has 0 spiro atoms. The minimum atomic E-state index is -5.18. The second-order valence-corrected chi connectivity index (χ2v) is 27.5. The van der Waals surface area contributed by atoms with Gasteiger partial charge in [0.1, 0.15) is 20.2 Å². The first kappa shape index (κ1) is 67.2. The van der Waals surface area contributed by atoms with Gasteiger partial charge in [0.2, 0.25) is 35.7 Å². The molecule has 0 aliphatic rings. The van der Waals surface area contributed by atoms with Crippen LogP contribution in [0.1, 0.15) is 57.5 Å². The van der Waals surface area contributed by atoms with Crippen LogP contribution >= 0.6 is 0 Å². The van der Waals surface area contributed by atoms with Crippen LogP contribution in [0.15, 0.2) is 94.7 Å². The van der Waals surface area contributed by atoms with Gasteiger partial charge in [-0.3, -0.25) is 9.59 Å². The molecule has 0 saturated carbocycles. The van der Waals surface area contributed by atoms with Gasteiger partial charge in [-0.25, -0.2) is 16.8 Å². The van der Waals surface area contributed by atoms with Gasteiger partial charge in [0.05, 0.1) is 121 Å². The number of nitrogens with one attached hydrogen (secondary N) is 8. The van der Waals surface area contributed by atoms with Crippen LogP contribution in [0.3, 0.4) is 0 Å². The molecule has 6 aromatic rings. The summed E-state index contributed by atoms with van der Waals surface area (Å²) in [6.45, 7) is 5.62. The summed E-state index contributed by atoms with van der Waals surface area (Å²) in [5.41, 5.74) is 2.06. The van der Waals surface area contributed by atoms with Crippen molar-refractivity contribution < 1.29 is 53.5 Å². The molecule has 0 fully saturated rings. The van der Waals surface area contributed by atoms with E-state index in [2.05, 4.69) is 157 Å². The highest BCUT2D eigenvalue weighted by Crippen LogP contribution is 2.29. The summed E-state index contributed by atoms with van der Waals surface area (Å²) in [4.78, 5) is 51.5. The summed E-state index contributed by atoms with van der Waals surface area (Å²) >= 11 is 0. The standard InChI is InChI=1S/C58H82N18O8S2/c1-73(2,3)35-13-31-59-51(77)43-21-25-45(26-22-43)63-55-67-53(61-33-15-37-75(7,8)9)69-57(71-55)65-47-29-19-41(49(39-47)85(79,80)81)17-18-42-20-30-48(40-50(42)86(82,83)84)66-58-70-54(62-34-16-38-76(10,11)12)68-56(72-58)64-46-27-23-44(24-28-46)52(78)60-32-14-36-74(4,5)6/h17-30,39-40H,13-16,31-38H2,1-12H3,(H6-4,59,60,61,62,63,64,65,66,67,68,69,70,71,72,77,78,79,80,81,82,83,84)/p+2/b18-17+. The Hall–Kier alpha value is -7.96. The molecule has 0 bridgehead atoms. The molecule has 4 aromatic carbocycles. The topological polar surface area (TPSA) is 322 Å². The Morgan fingerprint density at radius 3 is 0.953 bits per heavy atom. The summed E-state index contributed by atoms with van der Waals surface area (Å²) in [7, 11) is 14.7. The summed E-state index contributed by atoms with van der Waals surface area (Å²) in [5, 5.41) is 24.6. The lowest BCUT2D eigenvalue weighted by molar-refractivity contribution is -0.870. The van der Waals surface area contributed by atoms with Gasteiger partial charge >= 0.3 is 0 Å². The quantitative estimate of drug-likeness (QED) is 0.0109. The van der Waals surface area contributed by atoms with Crippen LogP contribution in [0.5, 0.6) is 0 Å². The molecule has 0 saturated heterocycles. The molecule has 2 heterocycles. The molecule has 86 heavy (non-hydrogen) atoms. The number of quaternary nitrogens is 4. The van der Waals surface area contributed by atoms with Crippen molar-refractivity contribution in [3.63, 3.8) is 0 Å². The molecule has 0 aliphatic carbocycles. The summed E-state index contributed by atoms with van der Waals surface area (Å²) in [5.74, 6) is 0.168. The van der Waals surface area contributed by atoms with Gasteiger partial charge < -0.3 is 69.6 Å². The highest BCUT2D eigenvalue weighted by Gasteiger charge is 2.18.